The van der Waals surface area contributed by atoms with Crippen LogP contribution < -0.4 is 0 Å². The third-order valence-electron chi connectivity index (χ3n) is 3.07. The van der Waals surface area contributed by atoms with Gasteiger partial charge in [0.25, 0.3) is 0 Å². The maximum absolute atomic E-state index is 2.23. The van der Waals surface area contributed by atoms with Gasteiger partial charge in [0, 0.05) is 4.88 Å². The fraction of sp³-hybridized carbons (Fsp3) is 0.520. The third kappa shape index (κ3) is 16.1. The van der Waals surface area contributed by atoms with Crippen LogP contribution in [0.2, 0.25) is 0 Å². The fourth-order valence-corrected chi connectivity index (χ4v) is 3.77. The van der Waals surface area contributed by atoms with Crippen molar-refractivity contribution in [3.63, 3.8) is 0 Å². The normalized spacial score (nSPS) is 11.2. The predicted octanol–water partition coefficient (Wildman–Crippen LogP) is 9.89. The van der Waals surface area contributed by atoms with Crippen molar-refractivity contribution in [2.75, 3.05) is 0 Å². The van der Waals surface area contributed by atoms with Crippen LogP contribution in [-0.4, -0.2) is 0 Å². The summed E-state index contributed by atoms with van der Waals surface area (Å²) >= 11 is 5.31. The SMILES string of the molecule is CC(C)(C)C.CC(C)(C)c1cccs1.CC(C)(C)c1ccsc1.c1ccsc1. The highest BCUT2D eigenvalue weighted by Crippen LogP contribution is 2.26. The summed E-state index contributed by atoms with van der Waals surface area (Å²) in [5, 5.41) is 10.5. The molecule has 0 fully saturated rings. The van der Waals surface area contributed by atoms with Crippen LogP contribution in [0.15, 0.2) is 57.2 Å². The van der Waals surface area contributed by atoms with Crippen molar-refractivity contribution in [3.8, 4) is 0 Å². The molecule has 0 nitrogen and oxygen atoms in total. The Labute approximate surface area is 186 Å². The van der Waals surface area contributed by atoms with Gasteiger partial charge in [0.2, 0.25) is 0 Å². The van der Waals surface area contributed by atoms with Gasteiger partial charge in [-0.05, 0) is 60.8 Å². The standard InChI is InChI=1S/2C8H12S.C5H12.C4H4S/c1-8(2,3)7-4-5-9-6-7;1-8(2,3)7-5-4-6-9-7;1-5(2,3)4;1-2-4-5-3-1/h2*4-6H,1-3H3;1-4H3;1-4H. The van der Waals surface area contributed by atoms with E-state index >= 15 is 0 Å². The van der Waals surface area contributed by atoms with E-state index in [0.717, 1.165) is 0 Å². The largest absolute Gasteiger partial charge is 0.152 e. The van der Waals surface area contributed by atoms with Crippen LogP contribution >= 0.6 is 34.0 Å². The molecule has 158 valence electrons. The number of hydrogen-bond donors (Lipinski definition) is 0. The van der Waals surface area contributed by atoms with Gasteiger partial charge in [-0.15, -0.1) is 11.3 Å². The first kappa shape index (κ1) is 27.1. The molecule has 3 rings (SSSR count). The predicted molar refractivity (Wildman–Crippen MR) is 135 cm³/mol. The minimum atomic E-state index is 0.333. The Hall–Kier alpha value is -0.900. The Kier molecular flexibility index (Phi) is 12.2. The van der Waals surface area contributed by atoms with Crippen molar-refractivity contribution in [1.29, 1.82) is 0 Å². The molecule has 3 aromatic heterocycles. The Morgan fingerprint density at radius 2 is 1.11 bits per heavy atom. The first-order valence-corrected chi connectivity index (χ1v) is 12.5. The second kappa shape index (κ2) is 12.6. The summed E-state index contributed by atoms with van der Waals surface area (Å²) < 4.78 is 0. The zero-order valence-electron chi connectivity index (χ0n) is 19.5. The number of rotatable bonds is 0. The molecule has 0 unspecified atom stereocenters. The average molecular weight is 437 g/mol. The Balaban J connectivity index is 0.000000361. The lowest BCUT2D eigenvalue weighted by Gasteiger charge is -2.15. The molecule has 0 radical (unpaired) electrons. The Bertz CT molecular complexity index is 601. The van der Waals surface area contributed by atoms with Gasteiger partial charge in [0.15, 0.2) is 0 Å². The van der Waals surface area contributed by atoms with E-state index in [9.17, 15) is 0 Å². The molecule has 0 bridgehead atoms. The van der Waals surface area contributed by atoms with Crippen LogP contribution in [0.5, 0.6) is 0 Å². The summed E-state index contributed by atoms with van der Waals surface area (Å²) in [6.45, 7) is 22.1. The Morgan fingerprint density at radius 1 is 0.571 bits per heavy atom. The molecule has 0 atom stereocenters. The second-order valence-corrected chi connectivity index (χ2v) is 12.8. The molecular weight excluding hydrogens is 396 g/mol. The minimum Gasteiger partial charge on any atom is -0.152 e. The van der Waals surface area contributed by atoms with Crippen molar-refractivity contribution < 1.29 is 0 Å². The monoisotopic (exact) mass is 436 g/mol. The van der Waals surface area contributed by atoms with Gasteiger partial charge >= 0.3 is 0 Å². The number of thiophene rings is 3. The molecule has 0 aromatic carbocycles. The quantitative estimate of drug-likeness (QED) is 0.329. The number of hydrogen-bond acceptors (Lipinski definition) is 3. The van der Waals surface area contributed by atoms with Gasteiger partial charge in [-0.25, -0.2) is 0 Å². The highest BCUT2D eigenvalue weighted by atomic mass is 32.1. The molecule has 0 aliphatic heterocycles. The lowest BCUT2D eigenvalue weighted by Crippen LogP contribution is -2.08. The van der Waals surface area contributed by atoms with Crippen molar-refractivity contribution in [2.45, 2.75) is 80.1 Å². The Morgan fingerprint density at radius 3 is 1.29 bits per heavy atom. The van der Waals surface area contributed by atoms with Crippen LogP contribution in [-0.2, 0) is 10.8 Å². The van der Waals surface area contributed by atoms with E-state index in [1.165, 1.54) is 10.4 Å². The maximum Gasteiger partial charge on any atom is 0.00987 e. The smallest absolute Gasteiger partial charge is 0.00987 e. The second-order valence-electron chi connectivity index (χ2n) is 10.3. The van der Waals surface area contributed by atoms with Crippen LogP contribution in [0, 0.1) is 5.41 Å². The van der Waals surface area contributed by atoms with Crippen LogP contribution in [0.3, 0.4) is 0 Å². The molecule has 3 aromatic rings. The summed E-state index contributed by atoms with van der Waals surface area (Å²) in [6, 6.07) is 10.5. The highest BCUT2D eigenvalue weighted by molar-refractivity contribution is 7.10. The molecule has 0 N–H and O–H groups in total. The minimum absolute atomic E-state index is 0.333. The third-order valence-corrected chi connectivity index (χ3v) is 5.68. The summed E-state index contributed by atoms with van der Waals surface area (Å²) in [5.74, 6) is 0. The maximum atomic E-state index is 2.23. The summed E-state index contributed by atoms with van der Waals surface area (Å²) in [5.41, 5.74) is 2.61. The molecule has 3 heterocycles. The first-order valence-electron chi connectivity index (χ1n) is 9.75. The van der Waals surface area contributed by atoms with Gasteiger partial charge in [-0.2, -0.15) is 22.7 Å². The van der Waals surface area contributed by atoms with E-state index in [0.29, 0.717) is 16.2 Å². The van der Waals surface area contributed by atoms with E-state index in [2.05, 4.69) is 104 Å². The van der Waals surface area contributed by atoms with Crippen molar-refractivity contribution in [1.82, 2.24) is 0 Å². The molecule has 0 saturated carbocycles. The van der Waals surface area contributed by atoms with Gasteiger partial charge in [-0.3, -0.25) is 0 Å². The van der Waals surface area contributed by atoms with E-state index in [-0.39, 0.29) is 0 Å². The zero-order chi connectivity index (χ0) is 21.8. The van der Waals surface area contributed by atoms with Crippen LogP contribution in [0.4, 0.5) is 0 Å². The summed E-state index contributed by atoms with van der Waals surface area (Å²) in [6.07, 6.45) is 0. The molecule has 3 heteroatoms. The zero-order valence-corrected chi connectivity index (χ0v) is 21.9. The van der Waals surface area contributed by atoms with Gasteiger partial charge in [0.05, 0.1) is 0 Å². The van der Waals surface area contributed by atoms with E-state index in [1.807, 2.05) is 34.2 Å². The molecular formula is C25H40S3. The van der Waals surface area contributed by atoms with E-state index in [1.54, 1.807) is 22.7 Å². The topological polar surface area (TPSA) is 0 Å². The van der Waals surface area contributed by atoms with Crippen molar-refractivity contribution in [3.05, 3.63) is 67.7 Å². The first-order chi connectivity index (χ1) is 12.7. The van der Waals surface area contributed by atoms with Gasteiger partial charge in [-0.1, -0.05) is 87.4 Å². The molecule has 28 heavy (non-hydrogen) atoms. The molecule has 0 saturated heterocycles. The summed E-state index contributed by atoms with van der Waals surface area (Å²) in [7, 11) is 0. The van der Waals surface area contributed by atoms with Gasteiger partial charge in [0.1, 0.15) is 0 Å². The van der Waals surface area contributed by atoms with E-state index < -0.39 is 0 Å². The van der Waals surface area contributed by atoms with Crippen molar-refractivity contribution >= 4 is 34.0 Å². The molecule has 0 amide bonds. The summed E-state index contributed by atoms with van der Waals surface area (Å²) in [4.78, 5) is 1.46. The van der Waals surface area contributed by atoms with Crippen molar-refractivity contribution in [2.24, 2.45) is 5.41 Å². The molecule has 0 aliphatic carbocycles. The highest BCUT2D eigenvalue weighted by Gasteiger charge is 2.13. The van der Waals surface area contributed by atoms with E-state index in [4.69, 9.17) is 0 Å². The lowest BCUT2D eigenvalue weighted by atomic mass is 9.90. The average Bonchev–Trinajstić information content (AvgIpc) is 3.28. The molecule has 0 spiro atoms. The van der Waals surface area contributed by atoms with Crippen LogP contribution in [0.1, 0.15) is 79.7 Å². The molecule has 0 aliphatic rings. The lowest BCUT2D eigenvalue weighted by molar-refractivity contribution is 0.469. The van der Waals surface area contributed by atoms with Crippen LogP contribution in [0.25, 0.3) is 0 Å². The fourth-order valence-electron chi connectivity index (χ4n) is 1.62. The van der Waals surface area contributed by atoms with Gasteiger partial charge < -0.3 is 0 Å².